The van der Waals surface area contributed by atoms with Crippen molar-refractivity contribution >= 4 is 41.5 Å². The van der Waals surface area contributed by atoms with Gasteiger partial charge >= 0.3 is 17.9 Å². The van der Waals surface area contributed by atoms with Gasteiger partial charge in [0.15, 0.2) is 18.5 Å². The maximum Gasteiger partial charge on any atom is 0.303 e. The van der Waals surface area contributed by atoms with Crippen molar-refractivity contribution in [1.29, 1.82) is 0 Å². The van der Waals surface area contributed by atoms with Gasteiger partial charge in [-0.1, -0.05) is 154 Å². The first-order valence-electron chi connectivity index (χ1n) is 26.7. The molecule has 8 rings (SSSR count). The molecule has 17 heteroatoms. The number of benzene rings is 5. The summed E-state index contributed by atoms with van der Waals surface area (Å²) in [7, 11) is 0. The predicted molar refractivity (Wildman–Crippen MR) is 288 cm³/mol. The maximum absolute atomic E-state index is 14.5. The molecule has 3 aliphatic rings. The molecule has 0 bridgehead atoms. The van der Waals surface area contributed by atoms with Crippen LogP contribution in [-0.4, -0.2) is 115 Å². The number of thioether (sulfide) groups is 1. The first kappa shape index (κ1) is 57.7. The van der Waals surface area contributed by atoms with E-state index in [-0.39, 0.29) is 37.6 Å². The van der Waals surface area contributed by atoms with E-state index in [0.29, 0.717) is 6.61 Å². The van der Waals surface area contributed by atoms with Crippen molar-refractivity contribution in [3.63, 3.8) is 0 Å². The minimum Gasteiger partial charge on any atom is -0.494 e. The van der Waals surface area contributed by atoms with Crippen LogP contribution in [0.25, 0.3) is 0 Å². The smallest absolute Gasteiger partial charge is 0.303 e. The SMILES string of the molecule is CCCCCCCCOc1ccc(S[C@@H]2O[C@H](CO[C@@H]3O[C@H](COC(C)=O)[C@@H](OC(C)=O)[C@H](OC(C)=O)[C@H]3N3C(=O)c4ccccc4C3=O)[C@@H](OCc3ccccc3)[C@H](OCc3ccccc3)[C@H]2OCc2ccccc2)cc1. The molecule has 3 heterocycles. The number of carbonyl (C=O) groups is 5. The number of imide groups is 1. The van der Waals surface area contributed by atoms with E-state index in [1.807, 2.05) is 115 Å². The number of amides is 2. The van der Waals surface area contributed by atoms with E-state index < -0.39 is 96.8 Å². The highest BCUT2D eigenvalue weighted by molar-refractivity contribution is 7.99. The molecule has 0 aliphatic carbocycles. The molecule has 5 aromatic carbocycles. The van der Waals surface area contributed by atoms with Crippen molar-refractivity contribution in [2.24, 2.45) is 0 Å². The third-order valence-corrected chi connectivity index (χ3v) is 14.7. The normalized spacial score (nSPS) is 23.8. The van der Waals surface area contributed by atoms with Crippen LogP contribution in [0.2, 0.25) is 0 Å². The fourth-order valence-electron chi connectivity index (χ4n) is 9.76. The van der Waals surface area contributed by atoms with Crippen LogP contribution in [0.15, 0.2) is 144 Å². The second-order valence-electron chi connectivity index (χ2n) is 19.4. The van der Waals surface area contributed by atoms with Crippen molar-refractivity contribution in [1.82, 2.24) is 4.90 Å². The van der Waals surface area contributed by atoms with Crippen molar-refractivity contribution < 1.29 is 71.3 Å². The Labute approximate surface area is 460 Å². The van der Waals surface area contributed by atoms with E-state index >= 15 is 0 Å². The summed E-state index contributed by atoms with van der Waals surface area (Å²) < 4.78 is 64.8. The third kappa shape index (κ3) is 15.6. The van der Waals surface area contributed by atoms with Crippen molar-refractivity contribution in [2.45, 2.75) is 151 Å². The average Bonchev–Trinajstić information content (AvgIpc) is 3.96. The molecule has 0 N–H and O–H groups in total. The zero-order chi connectivity index (χ0) is 54.8. The Bertz CT molecular complexity index is 2680. The molecule has 10 atom stereocenters. The fraction of sp³-hybridized carbons (Fsp3) is 0.426. The molecule has 0 radical (unpaired) electrons. The molecule has 0 unspecified atom stereocenters. The number of hydrogen-bond acceptors (Lipinski definition) is 16. The Hall–Kier alpha value is -6.44. The summed E-state index contributed by atoms with van der Waals surface area (Å²) >= 11 is 1.42. The summed E-state index contributed by atoms with van der Waals surface area (Å²) in [5.74, 6) is -3.01. The lowest BCUT2D eigenvalue weighted by molar-refractivity contribution is -0.303. The average molecular weight is 1090 g/mol. The highest BCUT2D eigenvalue weighted by Crippen LogP contribution is 2.41. The molecule has 0 saturated carbocycles. The predicted octanol–water partition coefficient (Wildman–Crippen LogP) is 9.83. The Kier molecular flexibility index (Phi) is 21.4. The van der Waals surface area contributed by atoms with Gasteiger partial charge in [-0.2, -0.15) is 0 Å². The molecule has 414 valence electrons. The number of hydrogen-bond donors (Lipinski definition) is 0. The van der Waals surface area contributed by atoms with Crippen LogP contribution in [0.4, 0.5) is 0 Å². The quantitative estimate of drug-likeness (QED) is 0.0210. The summed E-state index contributed by atoms with van der Waals surface area (Å²) in [5.41, 5.74) is 2.10. The summed E-state index contributed by atoms with van der Waals surface area (Å²) in [6, 6.07) is 41.7. The van der Waals surface area contributed by atoms with Gasteiger partial charge < -0.3 is 47.4 Å². The number of nitrogens with zero attached hydrogens (tertiary/aromatic N) is 1. The third-order valence-electron chi connectivity index (χ3n) is 13.5. The minimum atomic E-state index is -1.62. The Morgan fingerprint density at radius 3 is 1.56 bits per heavy atom. The van der Waals surface area contributed by atoms with Gasteiger partial charge in [0.1, 0.15) is 54.4 Å². The number of esters is 3. The number of rotatable bonds is 27. The van der Waals surface area contributed by atoms with E-state index in [1.165, 1.54) is 56.5 Å². The summed E-state index contributed by atoms with van der Waals surface area (Å²) in [6.07, 6.45) is -2.63. The van der Waals surface area contributed by atoms with Gasteiger partial charge in [0.25, 0.3) is 11.8 Å². The number of carbonyl (C=O) groups excluding carboxylic acids is 5. The summed E-state index contributed by atoms with van der Waals surface area (Å²) in [5, 5.41) is 0. The van der Waals surface area contributed by atoms with Gasteiger partial charge in [0.2, 0.25) is 0 Å². The summed E-state index contributed by atoms with van der Waals surface area (Å²) in [6.45, 7) is 5.98. The number of fused-ring (bicyclic) bond motifs is 1. The van der Waals surface area contributed by atoms with E-state index in [1.54, 1.807) is 12.1 Å². The molecular formula is C61H69NO15S. The van der Waals surface area contributed by atoms with Crippen LogP contribution < -0.4 is 4.74 Å². The molecule has 2 fully saturated rings. The number of ether oxygens (including phenoxy) is 10. The van der Waals surface area contributed by atoms with Gasteiger partial charge in [0, 0.05) is 25.7 Å². The monoisotopic (exact) mass is 1090 g/mol. The van der Waals surface area contributed by atoms with E-state index in [9.17, 15) is 24.0 Å². The lowest BCUT2D eigenvalue weighted by Gasteiger charge is -2.48. The van der Waals surface area contributed by atoms with Crippen LogP contribution >= 0.6 is 11.8 Å². The lowest BCUT2D eigenvalue weighted by atomic mass is 9.94. The molecule has 16 nitrogen and oxygen atoms in total. The second kappa shape index (κ2) is 29.0. The summed E-state index contributed by atoms with van der Waals surface area (Å²) in [4.78, 5) is 68.9. The van der Waals surface area contributed by atoms with Crippen molar-refractivity contribution in [3.05, 3.63) is 167 Å². The zero-order valence-electron chi connectivity index (χ0n) is 44.5. The van der Waals surface area contributed by atoms with E-state index in [4.69, 9.17) is 47.4 Å². The first-order valence-corrected chi connectivity index (χ1v) is 27.6. The molecule has 0 spiro atoms. The molecule has 0 aromatic heterocycles. The van der Waals surface area contributed by atoms with Gasteiger partial charge in [0.05, 0.1) is 44.2 Å². The van der Waals surface area contributed by atoms with Gasteiger partial charge in [-0.15, -0.1) is 0 Å². The van der Waals surface area contributed by atoms with Gasteiger partial charge in [-0.3, -0.25) is 28.9 Å². The van der Waals surface area contributed by atoms with Crippen molar-refractivity contribution in [3.8, 4) is 5.75 Å². The lowest BCUT2D eigenvalue weighted by Crippen LogP contribution is -2.68. The van der Waals surface area contributed by atoms with Crippen LogP contribution in [0.3, 0.4) is 0 Å². The highest BCUT2D eigenvalue weighted by atomic mass is 32.2. The molecular weight excluding hydrogens is 1020 g/mol. The van der Waals surface area contributed by atoms with Gasteiger partial charge in [-0.05, 0) is 59.5 Å². The molecule has 5 aromatic rings. The first-order chi connectivity index (χ1) is 38.0. The highest BCUT2D eigenvalue weighted by Gasteiger charge is 2.58. The van der Waals surface area contributed by atoms with Crippen molar-refractivity contribution in [2.75, 3.05) is 19.8 Å². The van der Waals surface area contributed by atoms with Crippen LogP contribution in [0.5, 0.6) is 5.75 Å². The molecule has 78 heavy (non-hydrogen) atoms. The largest absolute Gasteiger partial charge is 0.494 e. The van der Waals surface area contributed by atoms with Gasteiger partial charge in [-0.25, -0.2) is 0 Å². The Balaban J connectivity index is 1.17. The zero-order valence-corrected chi connectivity index (χ0v) is 45.3. The Morgan fingerprint density at radius 1 is 0.513 bits per heavy atom. The minimum absolute atomic E-state index is 0.0936. The topological polar surface area (TPSA) is 181 Å². The van der Waals surface area contributed by atoms with E-state index in [0.717, 1.165) is 58.9 Å². The fourth-order valence-corrected chi connectivity index (χ4v) is 10.9. The Morgan fingerprint density at radius 2 is 1.01 bits per heavy atom. The maximum atomic E-state index is 14.5. The molecule has 3 aliphatic heterocycles. The standard InChI is InChI=1S/C61H69NO15S/c1-5-6-7-8-9-21-34-68-46-30-32-47(33-31-46)78-61-57(72-37-45-26-17-12-18-27-45)56(71-36-44-24-15-11-16-25-44)53(70-35-43-22-13-10-14-23-43)50(77-61)39-73-60-52(62-58(66)48-28-19-20-29-49(48)59(62)67)55(75-42(4)65)54(74-41(3)64)51(76-60)38-69-40(2)63/h10-20,22-33,50-57,60-61H,5-9,21,34-39H2,1-4H3/t50-,51-,52-,53-,54-,55-,56+,57-,60-,61+/m1/s1. The molecule has 2 amide bonds. The van der Waals surface area contributed by atoms with Crippen LogP contribution in [0, 0.1) is 0 Å². The van der Waals surface area contributed by atoms with Crippen LogP contribution in [0.1, 0.15) is 104 Å². The second-order valence-corrected chi connectivity index (χ2v) is 20.5. The van der Waals surface area contributed by atoms with Crippen LogP contribution in [-0.2, 0) is 76.8 Å². The molecule has 2 saturated heterocycles. The van der Waals surface area contributed by atoms with E-state index in [2.05, 4.69) is 6.92 Å². The number of unbranched alkanes of at least 4 members (excludes halogenated alkanes) is 5.